The molecule has 0 saturated carbocycles. The van der Waals surface area contributed by atoms with E-state index in [1.165, 1.54) is 0 Å². The number of unbranched alkanes of at least 4 members (excludes halogenated alkanes) is 3. The summed E-state index contributed by atoms with van der Waals surface area (Å²) in [6.45, 7) is 3.02. The third-order valence-corrected chi connectivity index (χ3v) is 5.68. The molecule has 10 heteroatoms. The van der Waals surface area contributed by atoms with Crippen molar-refractivity contribution in [2.75, 3.05) is 26.4 Å². The van der Waals surface area contributed by atoms with E-state index >= 15 is 0 Å². The quantitative estimate of drug-likeness (QED) is 0.208. The maximum Gasteiger partial charge on any atom is 0.340 e. The number of halogens is 1. The summed E-state index contributed by atoms with van der Waals surface area (Å²) in [5.41, 5.74) is -0.629. The third kappa shape index (κ3) is 9.36. The first kappa shape index (κ1) is 27.8. The molecule has 5 atom stereocenters. The van der Waals surface area contributed by atoms with Gasteiger partial charge in [0.25, 0.3) is 0 Å². The van der Waals surface area contributed by atoms with Crippen LogP contribution in [0, 0.1) is 0 Å². The highest BCUT2D eigenvalue weighted by Crippen LogP contribution is 2.34. The molecule has 2 aliphatic heterocycles. The van der Waals surface area contributed by atoms with E-state index in [1.807, 2.05) is 31.2 Å². The summed E-state index contributed by atoms with van der Waals surface area (Å²) < 4.78 is 20.7. The van der Waals surface area contributed by atoms with Crippen molar-refractivity contribution >= 4 is 17.6 Å². The van der Waals surface area contributed by atoms with Crippen LogP contribution in [0.3, 0.4) is 0 Å². The van der Waals surface area contributed by atoms with Gasteiger partial charge in [0.2, 0.25) is 0 Å². The van der Waals surface area contributed by atoms with E-state index in [4.69, 9.17) is 51.0 Å². The number of ether oxygens (including phenoxy) is 4. The van der Waals surface area contributed by atoms with Crippen molar-refractivity contribution in [2.24, 2.45) is 0 Å². The maximum absolute atomic E-state index is 11.7. The number of epoxide rings is 1. The second-order valence-corrected chi connectivity index (χ2v) is 8.51. The second kappa shape index (κ2) is 14.1. The maximum atomic E-state index is 11.7. The van der Waals surface area contributed by atoms with E-state index in [1.54, 1.807) is 0 Å². The Hall–Kier alpha value is -1.46. The summed E-state index contributed by atoms with van der Waals surface area (Å²) >= 11 is 5.82. The predicted molar refractivity (Wildman–Crippen MR) is 120 cm³/mol. The first-order valence-electron chi connectivity index (χ1n) is 11.3. The van der Waals surface area contributed by atoms with Crippen LogP contribution in [-0.4, -0.2) is 83.0 Å². The molecule has 0 spiro atoms. The zero-order chi connectivity index (χ0) is 24.3. The van der Waals surface area contributed by atoms with Crippen molar-refractivity contribution < 1.29 is 44.2 Å². The minimum atomic E-state index is -1.11. The van der Waals surface area contributed by atoms with Gasteiger partial charge in [-0.3, -0.25) is 0 Å². The van der Waals surface area contributed by atoms with Gasteiger partial charge in [-0.25, -0.2) is 4.79 Å². The molecule has 1 unspecified atom stereocenters. The molecule has 1 aromatic rings. The van der Waals surface area contributed by atoms with Gasteiger partial charge in [-0.1, -0.05) is 24.4 Å². The number of aliphatic hydroxyl groups is 4. The van der Waals surface area contributed by atoms with Crippen LogP contribution < -0.4 is 4.74 Å². The molecule has 2 fully saturated rings. The smallest absolute Gasteiger partial charge is 0.340 e. The lowest BCUT2D eigenvalue weighted by Crippen LogP contribution is -2.49. The minimum Gasteiger partial charge on any atom is -0.494 e. The van der Waals surface area contributed by atoms with Gasteiger partial charge in [-0.2, -0.15) is 0 Å². The molecule has 3 rings (SSSR count). The summed E-state index contributed by atoms with van der Waals surface area (Å²) in [5, 5.41) is 36.4. The molecule has 2 aliphatic rings. The van der Waals surface area contributed by atoms with Crippen molar-refractivity contribution in [2.45, 2.75) is 75.7 Å². The average molecular weight is 491 g/mol. The van der Waals surface area contributed by atoms with E-state index in [0.717, 1.165) is 37.9 Å². The van der Waals surface area contributed by atoms with E-state index in [9.17, 15) is 4.79 Å². The van der Waals surface area contributed by atoms with Gasteiger partial charge in [-0.05, 0) is 50.5 Å². The van der Waals surface area contributed by atoms with Gasteiger partial charge < -0.3 is 39.4 Å². The number of aliphatic hydroxyl groups excluding tert-OH is 4. The summed E-state index contributed by atoms with van der Waals surface area (Å²) in [6, 6.07) is 7.38. The summed E-state index contributed by atoms with van der Waals surface area (Å²) in [5.74, 6) is 0.637. The topological polar surface area (TPSA) is 138 Å². The Morgan fingerprint density at radius 1 is 1.15 bits per heavy atom. The summed E-state index contributed by atoms with van der Waals surface area (Å²) in [7, 11) is 0. The molecule has 2 saturated heterocycles. The molecule has 0 bridgehead atoms. The number of carbonyl (C=O) groups is 1. The predicted octanol–water partition coefficient (Wildman–Crippen LogP) is 1.81. The van der Waals surface area contributed by atoms with Crippen LogP contribution in [-0.2, 0) is 19.0 Å². The molecule has 1 aromatic carbocycles. The number of carbonyl (C=O) groups excluding carboxylic acids is 1. The normalized spacial score (nSPS) is 28.4. The van der Waals surface area contributed by atoms with Gasteiger partial charge >= 0.3 is 5.97 Å². The van der Waals surface area contributed by atoms with Crippen molar-refractivity contribution in [1.82, 2.24) is 0 Å². The molecule has 33 heavy (non-hydrogen) atoms. The molecule has 9 nitrogen and oxygen atoms in total. The van der Waals surface area contributed by atoms with Crippen molar-refractivity contribution in [3.05, 3.63) is 29.3 Å². The fourth-order valence-corrected chi connectivity index (χ4v) is 3.51. The number of esters is 1. The Labute approximate surface area is 199 Å². The lowest BCUT2D eigenvalue weighted by atomic mass is 10.0. The van der Waals surface area contributed by atoms with Crippen LogP contribution in [0.1, 0.15) is 45.4 Å². The number of benzene rings is 1. The molecular weight excluding hydrogens is 456 g/mol. The highest BCUT2D eigenvalue weighted by Gasteiger charge is 2.52. The van der Waals surface area contributed by atoms with Crippen molar-refractivity contribution in [1.29, 1.82) is 0 Å². The van der Waals surface area contributed by atoms with Gasteiger partial charge in [0, 0.05) is 11.4 Å². The average Bonchev–Trinajstić information content (AvgIpc) is 3.58. The molecule has 4 N–H and O–H groups in total. The molecule has 0 aliphatic carbocycles. The van der Waals surface area contributed by atoms with E-state index < -0.39 is 36.8 Å². The number of hydrogen-bond donors (Lipinski definition) is 4. The minimum absolute atomic E-state index is 0.0162. The zero-order valence-electron chi connectivity index (χ0n) is 18.9. The Morgan fingerprint density at radius 2 is 1.82 bits per heavy atom. The zero-order valence-corrected chi connectivity index (χ0v) is 19.7. The van der Waals surface area contributed by atoms with E-state index in [0.29, 0.717) is 24.8 Å². The third-order valence-electron chi connectivity index (χ3n) is 5.43. The molecule has 188 valence electrons. The van der Waals surface area contributed by atoms with Crippen LogP contribution in [0.4, 0.5) is 0 Å². The first-order chi connectivity index (χ1) is 15.8. The lowest BCUT2D eigenvalue weighted by molar-refractivity contribution is -0.239. The van der Waals surface area contributed by atoms with Gasteiger partial charge in [0.15, 0.2) is 11.9 Å². The van der Waals surface area contributed by atoms with Crippen molar-refractivity contribution in [3.8, 4) is 5.75 Å². The van der Waals surface area contributed by atoms with Crippen LogP contribution in [0.5, 0.6) is 5.75 Å². The van der Waals surface area contributed by atoms with E-state index in [-0.39, 0.29) is 12.4 Å². The van der Waals surface area contributed by atoms with Gasteiger partial charge in [0.05, 0.1) is 32.5 Å². The van der Waals surface area contributed by atoms with E-state index in [2.05, 4.69) is 0 Å². The Balaban J connectivity index is 0.000000294. The SMILES string of the molecule is CCOC(=O)[C@@]1(CCCCCCOc2ccc(Cl)cc2)CO1.OC[C@H]1OC(O)C[C@@H](O)[C@@H]1O. The van der Waals surface area contributed by atoms with Crippen LogP contribution in [0.25, 0.3) is 0 Å². The largest absolute Gasteiger partial charge is 0.494 e. The summed E-state index contributed by atoms with van der Waals surface area (Å²) in [6.07, 6.45) is 0.747. The van der Waals surface area contributed by atoms with Crippen molar-refractivity contribution in [3.63, 3.8) is 0 Å². The Morgan fingerprint density at radius 3 is 2.42 bits per heavy atom. The Kier molecular flexibility index (Phi) is 11.8. The second-order valence-electron chi connectivity index (χ2n) is 8.08. The molecule has 2 heterocycles. The van der Waals surface area contributed by atoms with Gasteiger partial charge in [-0.15, -0.1) is 0 Å². The first-order valence-corrected chi connectivity index (χ1v) is 11.7. The van der Waals surface area contributed by atoms with Gasteiger partial charge in [0.1, 0.15) is 18.0 Å². The standard InChI is InChI=1S/C17H23ClO4.C6H12O5/c1-2-20-16(19)17(13-22-17)11-5-3-4-6-12-21-15-9-7-14(18)8-10-15;7-2-4-6(10)3(8)1-5(9)11-4/h7-10H,2-6,11-13H2,1H3;3-10H,1-2H2/t17-;3-,4-,5?,6+/m11/s1. The molecule has 0 radical (unpaired) electrons. The van der Waals surface area contributed by atoms with Crippen LogP contribution >= 0.6 is 11.6 Å². The highest BCUT2D eigenvalue weighted by atomic mass is 35.5. The molecule has 0 aromatic heterocycles. The fourth-order valence-electron chi connectivity index (χ4n) is 3.38. The monoisotopic (exact) mass is 490 g/mol. The van der Waals surface area contributed by atoms with Crippen LogP contribution in [0.2, 0.25) is 5.02 Å². The van der Waals surface area contributed by atoms with Crippen LogP contribution in [0.15, 0.2) is 24.3 Å². The Bertz CT molecular complexity index is 696. The number of hydrogen-bond acceptors (Lipinski definition) is 9. The lowest BCUT2D eigenvalue weighted by Gasteiger charge is -2.33. The summed E-state index contributed by atoms with van der Waals surface area (Å²) in [4.78, 5) is 11.7. The molecular formula is C23H35ClO9. The highest BCUT2D eigenvalue weighted by molar-refractivity contribution is 6.30. The molecule has 0 amide bonds. The fraction of sp³-hybridized carbons (Fsp3) is 0.696. The number of rotatable bonds is 11.